The molecule has 10 aliphatic rings. The molecule has 0 aromatic carbocycles. The van der Waals surface area contributed by atoms with Crippen molar-refractivity contribution in [2.45, 2.75) is 254 Å². The maximum Gasteiger partial charge on any atom is 0.472 e. The largest absolute Gasteiger partial charge is 0.472 e. The molecule has 0 radical (unpaired) electrons. The predicted molar refractivity (Wildman–Crippen MR) is 432 cm³/mol. The second-order valence-corrected chi connectivity index (χ2v) is 39.2. The van der Waals surface area contributed by atoms with E-state index in [2.05, 4.69) is 34.0 Å². The van der Waals surface area contributed by atoms with Crippen LogP contribution in [0.1, 0.15) is 158 Å². The molecule has 10 aliphatic heterocycles. The summed E-state index contributed by atoms with van der Waals surface area (Å²) < 4.78 is 136. The van der Waals surface area contributed by atoms with Crippen LogP contribution in [0.3, 0.4) is 0 Å². The minimum absolute atomic E-state index is 0.139. The van der Waals surface area contributed by atoms with Crippen LogP contribution in [-0.2, 0) is 121 Å². The van der Waals surface area contributed by atoms with E-state index in [1.54, 1.807) is 47.9 Å². The SMILES string of the molecule is CC[C@]12CCO[C@@H](C1OC)[C@H](n1cc(C)c(=O)[nH]c1=O)O2.CC[C@]12CCO[C@@H](C1OP(=O)(O)OC)[C@H](n1cc(C)c(=O)[nH]c1=O)O2.CC[C@]12CCO[C@@H](C1OP(=O)(O)OC)[C@H](n1cc(C)c(N)nc1=O)O2.CC[C@]12CCO[C@@H](C1OP(O)(=S)OC)[C@H](n1cc(C)c(=O)[nH]c1=O)O2.CC[C@]12CCO[C@@H](C1OP(O)(=S)OC)[C@H](n1cc(C)c(N)nc1=O)O2. The van der Waals surface area contributed by atoms with Crippen molar-refractivity contribution in [1.29, 1.82) is 0 Å². The molecule has 0 aliphatic carbocycles. The highest BCUT2D eigenvalue weighted by atomic mass is 32.5. The summed E-state index contributed by atoms with van der Waals surface area (Å²) in [6.45, 7) is 13.2. The molecule has 0 amide bonds. The quantitative estimate of drug-likeness (QED) is 0.0424. The van der Waals surface area contributed by atoms with Crippen molar-refractivity contribution < 1.29 is 117 Å². The fourth-order valence-electron chi connectivity index (χ4n) is 16.8. The highest BCUT2D eigenvalue weighted by Gasteiger charge is 2.66. The number of nitrogens with zero attached hydrogens (tertiary/aromatic N) is 7. The Morgan fingerprint density at radius 2 is 0.628 bits per heavy atom. The topological polar surface area (TPSA) is 577 Å². The number of nitrogens with one attached hydrogen (secondary N) is 3. The molecule has 11 N–H and O–H groups in total. The zero-order valence-corrected chi connectivity index (χ0v) is 74.4. The van der Waals surface area contributed by atoms with E-state index in [0.29, 0.717) is 112 Å². The number of fused-ring (bicyclic) bond motifs is 10. The Bertz CT molecular complexity index is 5060. The van der Waals surface area contributed by atoms with Crippen LogP contribution in [0.25, 0.3) is 0 Å². The van der Waals surface area contributed by atoms with Crippen LogP contribution in [0, 0.1) is 34.6 Å². The second-order valence-electron chi connectivity index (χ2n) is 30.4. The Hall–Kier alpha value is -5.76. The van der Waals surface area contributed by atoms with Crippen molar-refractivity contribution in [1.82, 2.24) is 47.8 Å². The number of methoxy groups -OCH3 is 1. The summed E-state index contributed by atoms with van der Waals surface area (Å²) in [6, 6.07) is 0. The van der Waals surface area contributed by atoms with Gasteiger partial charge in [-0.25, -0.2) is 33.1 Å². The number of ether oxygens (including phenoxy) is 11. The summed E-state index contributed by atoms with van der Waals surface area (Å²) in [6.07, 6.45) is 2.69. The fraction of sp³-hybridized carbons (Fsp3) is 0.714. The number of H-pyrrole nitrogens is 3. The molecule has 51 heteroatoms. The lowest BCUT2D eigenvalue weighted by molar-refractivity contribution is -0.136. The zero-order valence-electron chi connectivity index (χ0n) is 69.2. The lowest BCUT2D eigenvalue weighted by Gasteiger charge is -2.38. The minimum Gasteiger partial charge on any atom is -0.383 e. The summed E-state index contributed by atoms with van der Waals surface area (Å²) in [7, 11) is -2.20. The van der Waals surface area contributed by atoms with Crippen LogP contribution < -0.4 is 56.6 Å². The van der Waals surface area contributed by atoms with Gasteiger partial charge in [-0.3, -0.25) is 79.3 Å². The Morgan fingerprint density at radius 1 is 0.397 bits per heavy atom. The average molecular weight is 1830 g/mol. The number of anilines is 2. The van der Waals surface area contributed by atoms with Crippen molar-refractivity contribution >= 4 is 64.3 Å². The van der Waals surface area contributed by atoms with Gasteiger partial charge in [-0.2, -0.15) is 9.97 Å². The third kappa shape index (κ3) is 19.3. The van der Waals surface area contributed by atoms with Crippen LogP contribution >= 0.6 is 29.1 Å². The Kier molecular flexibility index (Phi) is 29.8. The molecule has 10 bridgehead atoms. The Labute approximate surface area is 701 Å². The van der Waals surface area contributed by atoms with Gasteiger partial charge in [0.25, 0.3) is 16.7 Å². The first kappa shape index (κ1) is 95.9. The van der Waals surface area contributed by atoms with Gasteiger partial charge in [-0.05, 0) is 90.3 Å². The van der Waals surface area contributed by atoms with E-state index in [1.165, 1.54) is 61.8 Å². The van der Waals surface area contributed by atoms with Gasteiger partial charge in [-0.1, -0.05) is 34.6 Å². The summed E-state index contributed by atoms with van der Waals surface area (Å²) in [5, 5.41) is 0. The Balaban J connectivity index is 0.000000148. The van der Waals surface area contributed by atoms with Crippen LogP contribution in [0.2, 0.25) is 0 Å². The van der Waals surface area contributed by atoms with Gasteiger partial charge in [0, 0.05) is 126 Å². The summed E-state index contributed by atoms with van der Waals surface area (Å²) in [5.74, 6) is 0.312. The van der Waals surface area contributed by atoms with Gasteiger partial charge >= 0.3 is 57.5 Å². The van der Waals surface area contributed by atoms with E-state index in [1.807, 2.05) is 34.6 Å². The molecule has 10 fully saturated rings. The first-order valence-electron chi connectivity index (χ1n) is 38.9. The third-order valence-corrected chi connectivity index (χ3v) is 29.0. The molecule has 676 valence electrons. The molecular formula is C70H106N12O33P4S2. The molecule has 9 unspecified atom stereocenters. The normalized spacial score (nSPS) is 34.2. The number of aromatic nitrogens is 10. The summed E-state index contributed by atoms with van der Waals surface area (Å²) in [5.41, 5.74) is 5.90. The van der Waals surface area contributed by atoms with Crippen molar-refractivity contribution in [3.63, 3.8) is 0 Å². The molecule has 0 saturated carbocycles. The van der Waals surface area contributed by atoms with E-state index >= 15 is 0 Å². The van der Waals surface area contributed by atoms with Gasteiger partial charge in [-0.15, -0.1) is 0 Å². The number of rotatable bonds is 23. The Morgan fingerprint density at radius 3 is 0.860 bits per heavy atom. The number of aromatic amines is 3. The molecule has 45 nitrogen and oxygen atoms in total. The molecule has 5 aromatic heterocycles. The maximum absolute atomic E-state index is 12.3. The van der Waals surface area contributed by atoms with E-state index < -0.39 is 177 Å². The van der Waals surface area contributed by atoms with Crippen LogP contribution in [0.15, 0.2) is 69.3 Å². The maximum atomic E-state index is 12.3. The standard InChI is InChI=1S/C14H22N3O7P.C14H22N3O6PS.C14H21N2O8P.C14H21N2O7PS.C14H20N2O5/c1-4-14-5-6-22-9(10(14)24-25(19,20)21-3)12(23-14)17-7-8(2)11(15)16-13(17)18;1-4-14-5-6-21-9(10(14)23-24(19,25)20-3)12(22-14)17-7-8(2)11(15)16-13(17)18;1-4-14-5-6-22-9(10(14)24-25(19,20)21-3)12(23-14)16-7-8(2)11(17)15-13(16)18;1-4-14-5-6-21-9(10(14)23-24(19,25)20-3)12(22-14)16-7-8(2)11(17)15-13(16)18;1-4-14-5-6-20-9(10(14)19-3)12(21-14)16-7-8(2)11(17)15-13(16)18/h7,9-10,12H,4-6H2,1-3H3,(H,19,20)(H2,15,16,18);7,9-10,12H,4-6H2,1-3H3,(H,19,25)(H2,15,16,18);7,9-10,12H,4-6H2,1-3H3,(H,19,20)(H,15,17,18);7,9-10,12H,4-6H2,1-3H3,(H,19,25)(H,15,17,18);7,9-10,12H,4-6H2,1-3H3,(H,15,17,18)/t9-,10?,12+,14-;9-,10?,12+,14-,24?;9-,10?,12+,14-;9-,10?,12+,14-,24?;9-,10?,12+,14-/m00000/s1. The predicted octanol–water partition coefficient (Wildman–Crippen LogP) is 2.91. The van der Waals surface area contributed by atoms with Crippen LogP contribution in [0.4, 0.5) is 11.6 Å². The molecule has 121 heavy (non-hydrogen) atoms. The molecule has 24 atom stereocenters. The van der Waals surface area contributed by atoms with Crippen molar-refractivity contribution in [2.75, 3.05) is 80.1 Å². The van der Waals surface area contributed by atoms with E-state index in [0.717, 1.165) is 27.1 Å². The monoisotopic (exact) mass is 1830 g/mol. The molecular weight excluding hydrogens is 1720 g/mol. The number of nitrogens with two attached hydrogens (primary N) is 2. The molecule has 15 heterocycles. The van der Waals surface area contributed by atoms with E-state index in [9.17, 15) is 67.1 Å². The number of hydrogen-bond acceptors (Lipinski definition) is 35. The van der Waals surface area contributed by atoms with Gasteiger partial charge in [0.15, 0.2) is 31.1 Å². The highest BCUT2D eigenvalue weighted by Crippen LogP contribution is 2.60. The van der Waals surface area contributed by atoms with Gasteiger partial charge in [0.05, 0.1) is 33.0 Å². The van der Waals surface area contributed by atoms with Crippen molar-refractivity contribution in [3.05, 3.63) is 142 Å². The van der Waals surface area contributed by atoms with Gasteiger partial charge in [0.1, 0.15) is 101 Å². The van der Waals surface area contributed by atoms with Gasteiger partial charge in [0.2, 0.25) is 0 Å². The molecule has 5 aromatic rings. The van der Waals surface area contributed by atoms with E-state index in [4.69, 9.17) is 114 Å². The first-order valence-corrected chi connectivity index (χ1v) is 47.1. The molecule has 0 spiro atoms. The molecule has 15 rings (SSSR count). The molecule has 10 saturated heterocycles. The smallest absolute Gasteiger partial charge is 0.383 e. The number of hydrogen-bond donors (Lipinski definition) is 9. The fourth-order valence-corrected chi connectivity index (χ4v) is 20.1. The number of phosphoric acid groups is 2. The summed E-state index contributed by atoms with van der Waals surface area (Å²) in [4.78, 5) is 150. The second kappa shape index (κ2) is 37.7. The third-order valence-electron chi connectivity index (χ3n) is 23.8. The zero-order chi connectivity index (χ0) is 88.8. The summed E-state index contributed by atoms with van der Waals surface area (Å²) >= 11 is 9.96. The van der Waals surface area contributed by atoms with Crippen molar-refractivity contribution in [3.8, 4) is 0 Å². The van der Waals surface area contributed by atoms with Crippen LogP contribution in [0.5, 0.6) is 0 Å². The number of phosphoric ester groups is 2. The van der Waals surface area contributed by atoms with E-state index in [-0.39, 0.29) is 29.4 Å². The minimum atomic E-state index is -4.28. The number of nitrogen functional groups attached to an aromatic ring is 2. The average Bonchev–Trinajstić information content (AvgIpc) is 1.60. The first-order chi connectivity index (χ1) is 56.9. The van der Waals surface area contributed by atoms with Crippen LogP contribution in [-0.4, -0.2) is 225 Å². The number of aryl methyl sites for hydroxylation is 5. The lowest BCUT2D eigenvalue weighted by Crippen LogP contribution is -2.49. The highest BCUT2D eigenvalue weighted by molar-refractivity contribution is 8.07. The van der Waals surface area contributed by atoms with Gasteiger partial charge < -0.3 is 92.2 Å². The van der Waals surface area contributed by atoms with Crippen molar-refractivity contribution in [2.24, 2.45) is 0 Å². The lowest BCUT2D eigenvalue weighted by atomic mass is 9.87.